The van der Waals surface area contributed by atoms with Crippen molar-refractivity contribution in [3.63, 3.8) is 0 Å². The Morgan fingerprint density at radius 1 is 1.53 bits per heavy atom. The first-order valence-corrected chi connectivity index (χ1v) is 5.86. The summed E-state index contributed by atoms with van der Waals surface area (Å²) >= 11 is 6.90. The second-order valence-electron chi connectivity index (χ2n) is 3.34. The molecule has 2 aromatic heterocycles. The molecule has 0 fully saturated rings. The summed E-state index contributed by atoms with van der Waals surface area (Å²) in [6, 6.07) is 4.19. The number of hydrogen-bond acceptors (Lipinski definition) is 3. The van der Waals surface area contributed by atoms with Gasteiger partial charge in [-0.25, -0.2) is 0 Å². The van der Waals surface area contributed by atoms with Gasteiger partial charge in [0.05, 0.1) is 18.8 Å². The summed E-state index contributed by atoms with van der Waals surface area (Å²) < 4.78 is 2.57. The van der Waals surface area contributed by atoms with Crippen LogP contribution in [0.1, 0.15) is 15.4 Å². The largest absolute Gasteiger partial charge is 0.390 e. The van der Waals surface area contributed by atoms with E-state index in [1.807, 2.05) is 4.57 Å². The lowest BCUT2D eigenvalue weighted by molar-refractivity contribution is 0.271. The minimum Gasteiger partial charge on any atom is -0.390 e. The molecule has 0 aliphatic carbocycles. The van der Waals surface area contributed by atoms with Crippen LogP contribution in [0, 0.1) is 11.7 Å². The molecule has 0 unspecified atom stereocenters. The maximum atomic E-state index is 9.13. The highest BCUT2D eigenvalue weighted by Gasteiger charge is 2.04. The van der Waals surface area contributed by atoms with Gasteiger partial charge >= 0.3 is 0 Å². The molecule has 15 heavy (non-hydrogen) atoms. The molecule has 0 amide bonds. The fraction of sp³-hybridized carbons (Fsp3) is 0.300. The summed E-state index contributed by atoms with van der Waals surface area (Å²) in [4.78, 5) is 5.48. The van der Waals surface area contributed by atoms with Crippen LogP contribution in [0.15, 0.2) is 18.3 Å². The molecule has 0 bridgehead atoms. The van der Waals surface area contributed by atoms with E-state index in [2.05, 4.69) is 24.0 Å². The molecule has 0 aliphatic rings. The minimum atomic E-state index is 0.0114. The molecule has 2 N–H and O–H groups in total. The monoisotopic (exact) mass is 240 g/mol. The predicted molar refractivity (Wildman–Crippen MR) is 63.7 cm³/mol. The number of rotatable bonds is 3. The molecule has 2 heterocycles. The van der Waals surface area contributed by atoms with Gasteiger partial charge in [0, 0.05) is 16.0 Å². The van der Waals surface area contributed by atoms with Crippen molar-refractivity contribution >= 4 is 23.6 Å². The maximum Gasteiger partial charge on any atom is 0.177 e. The second-order valence-corrected chi connectivity index (χ2v) is 5.10. The van der Waals surface area contributed by atoms with Gasteiger partial charge in [0.1, 0.15) is 0 Å². The molecular weight excluding hydrogens is 228 g/mol. The van der Waals surface area contributed by atoms with E-state index < -0.39 is 0 Å². The van der Waals surface area contributed by atoms with Crippen molar-refractivity contribution in [3.8, 4) is 0 Å². The van der Waals surface area contributed by atoms with Crippen LogP contribution < -0.4 is 0 Å². The van der Waals surface area contributed by atoms with Gasteiger partial charge in [-0.15, -0.1) is 11.3 Å². The SMILES string of the molecule is Cc1ccc(Cn2c(CO)c[nH]c2=S)s1. The van der Waals surface area contributed by atoms with E-state index in [-0.39, 0.29) is 6.61 Å². The van der Waals surface area contributed by atoms with Crippen LogP contribution in [-0.2, 0) is 13.2 Å². The van der Waals surface area contributed by atoms with Crippen LogP contribution in [0.5, 0.6) is 0 Å². The third kappa shape index (κ3) is 2.19. The van der Waals surface area contributed by atoms with E-state index in [1.165, 1.54) is 9.75 Å². The van der Waals surface area contributed by atoms with Crippen LogP contribution in [0.2, 0.25) is 0 Å². The Morgan fingerprint density at radius 3 is 2.93 bits per heavy atom. The van der Waals surface area contributed by atoms with E-state index >= 15 is 0 Å². The maximum absolute atomic E-state index is 9.13. The number of H-pyrrole nitrogens is 1. The van der Waals surface area contributed by atoms with Crippen molar-refractivity contribution in [2.45, 2.75) is 20.1 Å². The molecule has 0 aliphatic heterocycles. The quantitative estimate of drug-likeness (QED) is 0.809. The Kier molecular flexibility index (Phi) is 3.04. The van der Waals surface area contributed by atoms with Gasteiger partial charge in [-0.3, -0.25) is 0 Å². The van der Waals surface area contributed by atoms with E-state index in [0.29, 0.717) is 4.77 Å². The zero-order valence-corrected chi connectivity index (χ0v) is 9.99. The number of aromatic nitrogens is 2. The van der Waals surface area contributed by atoms with Crippen LogP contribution in [0.3, 0.4) is 0 Å². The first kappa shape index (κ1) is 10.6. The Morgan fingerprint density at radius 2 is 2.33 bits per heavy atom. The average Bonchev–Trinajstić information content (AvgIpc) is 2.76. The number of hydrogen-bond donors (Lipinski definition) is 2. The molecule has 0 saturated carbocycles. The highest BCUT2D eigenvalue weighted by Crippen LogP contribution is 2.17. The lowest BCUT2D eigenvalue weighted by Crippen LogP contribution is -2.02. The van der Waals surface area contributed by atoms with E-state index in [9.17, 15) is 0 Å². The Labute approximate surface area is 97.0 Å². The van der Waals surface area contributed by atoms with Crippen LogP contribution in [0.4, 0.5) is 0 Å². The number of nitrogens with zero attached hydrogens (tertiary/aromatic N) is 1. The van der Waals surface area contributed by atoms with Crippen molar-refractivity contribution < 1.29 is 5.11 Å². The van der Waals surface area contributed by atoms with Crippen molar-refractivity contribution in [2.75, 3.05) is 0 Å². The Bertz CT molecular complexity index is 509. The van der Waals surface area contributed by atoms with Crippen LogP contribution in [0.25, 0.3) is 0 Å². The zero-order chi connectivity index (χ0) is 10.8. The fourth-order valence-corrected chi connectivity index (χ4v) is 2.58. The fourth-order valence-electron chi connectivity index (χ4n) is 1.46. The average molecular weight is 240 g/mol. The number of imidazole rings is 1. The molecule has 3 nitrogen and oxygen atoms in total. The predicted octanol–water partition coefficient (Wildman–Crippen LogP) is 2.46. The lowest BCUT2D eigenvalue weighted by atomic mass is 10.4. The van der Waals surface area contributed by atoms with E-state index in [0.717, 1.165) is 12.2 Å². The van der Waals surface area contributed by atoms with Crippen molar-refractivity contribution in [2.24, 2.45) is 0 Å². The topological polar surface area (TPSA) is 41.0 Å². The van der Waals surface area contributed by atoms with Crippen molar-refractivity contribution in [1.82, 2.24) is 9.55 Å². The standard InChI is InChI=1S/C10H12N2OS2/c1-7-2-3-9(15-7)5-12-8(6-13)4-11-10(12)14/h2-4,13H,5-6H2,1H3,(H,11,14). The molecular formula is C10H12N2OS2. The number of aryl methyl sites for hydroxylation is 1. The highest BCUT2D eigenvalue weighted by atomic mass is 32.1. The van der Waals surface area contributed by atoms with Crippen LogP contribution in [-0.4, -0.2) is 14.7 Å². The van der Waals surface area contributed by atoms with E-state index in [1.54, 1.807) is 17.5 Å². The molecule has 0 spiro atoms. The van der Waals surface area contributed by atoms with Gasteiger partial charge in [-0.05, 0) is 31.3 Å². The first-order chi connectivity index (χ1) is 7.20. The van der Waals surface area contributed by atoms with Crippen LogP contribution >= 0.6 is 23.6 Å². The number of nitrogens with one attached hydrogen (secondary N) is 1. The normalized spacial score (nSPS) is 10.8. The van der Waals surface area contributed by atoms with Gasteiger partial charge in [-0.2, -0.15) is 0 Å². The summed E-state index contributed by atoms with van der Waals surface area (Å²) in [6.07, 6.45) is 1.75. The molecule has 2 rings (SSSR count). The molecule has 0 atom stereocenters. The van der Waals surface area contributed by atoms with Crippen molar-refractivity contribution in [3.05, 3.63) is 38.5 Å². The number of thiophene rings is 1. The summed E-state index contributed by atoms with van der Waals surface area (Å²) in [5.41, 5.74) is 0.825. The third-order valence-electron chi connectivity index (χ3n) is 2.23. The molecule has 0 radical (unpaired) electrons. The van der Waals surface area contributed by atoms with Gasteiger partial charge in [0.15, 0.2) is 4.77 Å². The minimum absolute atomic E-state index is 0.0114. The van der Waals surface area contributed by atoms with Gasteiger partial charge in [0.2, 0.25) is 0 Å². The molecule has 0 saturated heterocycles. The van der Waals surface area contributed by atoms with Crippen molar-refractivity contribution in [1.29, 1.82) is 0 Å². The smallest absolute Gasteiger partial charge is 0.177 e. The van der Waals surface area contributed by atoms with Gasteiger partial charge in [-0.1, -0.05) is 0 Å². The van der Waals surface area contributed by atoms with Gasteiger partial charge < -0.3 is 14.7 Å². The second kappa shape index (κ2) is 4.30. The molecule has 2 aromatic rings. The van der Waals surface area contributed by atoms with Gasteiger partial charge in [0.25, 0.3) is 0 Å². The third-order valence-corrected chi connectivity index (χ3v) is 3.55. The molecule has 80 valence electrons. The summed E-state index contributed by atoms with van der Waals surface area (Å²) in [7, 11) is 0. The first-order valence-electron chi connectivity index (χ1n) is 4.64. The molecule has 5 heteroatoms. The summed E-state index contributed by atoms with van der Waals surface area (Å²) in [5, 5.41) is 9.13. The highest BCUT2D eigenvalue weighted by molar-refractivity contribution is 7.71. The molecule has 0 aromatic carbocycles. The number of aliphatic hydroxyl groups is 1. The Balaban J connectivity index is 2.31. The summed E-state index contributed by atoms with van der Waals surface area (Å²) in [6.45, 7) is 2.83. The van der Waals surface area contributed by atoms with E-state index in [4.69, 9.17) is 17.3 Å². The lowest BCUT2D eigenvalue weighted by Gasteiger charge is -2.03. The number of aromatic amines is 1. The summed E-state index contributed by atoms with van der Waals surface area (Å²) in [5.74, 6) is 0. The Hall–Kier alpha value is -0.910. The number of aliphatic hydroxyl groups excluding tert-OH is 1. The zero-order valence-electron chi connectivity index (χ0n) is 8.36.